The monoisotopic (exact) mass is 404 g/mol. The quantitative estimate of drug-likeness (QED) is 0.725. The number of aryl methyl sites for hydroxylation is 1. The molecule has 0 unspecified atom stereocenters. The highest BCUT2D eigenvalue weighted by atomic mass is 35.5. The summed E-state index contributed by atoms with van der Waals surface area (Å²) in [6.07, 6.45) is 2.79. The lowest BCUT2D eigenvalue weighted by Gasteiger charge is -2.34. The van der Waals surface area contributed by atoms with Crippen LogP contribution < -0.4 is 0 Å². The first-order valence-electron chi connectivity index (χ1n) is 9.01. The van der Waals surface area contributed by atoms with Crippen molar-refractivity contribution in [2.75, 3.05) is 7.11 Å². The molecule has 7 heteroatoms. The fourth-order valence-corrected chi connectivity index (χ4v) is 5.72. The molecule has 2 aliphatic heterocycles. The van der Waals surface area contributed by atoms with Crippen LogP contribution in [-0.4, -0.2) is 41.0 Å². The number of carbonyl (C=O) groups is 2. The fraction of sp³-hybridized carbons (Fsp3) is 0.450. The number of esters is 1. The Hall–Kier alpha value is -1.92. The third kappa shape index (κ3) is 2.86. The van der Waals surface area contributed by atoms with E-state index < -0.39 is 5.41 Å². The van der Waals surface area contributed by atoms with Gasteiger partial charge in [0.05, 0.1) is 34.3 Å². The summed E-state index contributed by atoms with van der Waals surface area (Å²) in [5.41, 5.74) is 3.28. The minimum Gasteiger partial charge on any atom is -0.469 e. The highest BCUT2D eigenvalue weighted by Crippen LogP contribution is 2.53. The van der Waals surface area contributed by atoms with Crippen LogP contribution in [0.1, 0.15) is 40.9 Å². The summed E-state index contributed by atoms with van der Waals surface area (Å²) in [7, 11) is 1.42. The molecule has 1 aromatic carbocycles. The molecule has 2 aromatic rings. The Morgan fingerprint density at radius 3 is 2.89 bits per heavy atom. The molecule has 2 saturated heterocycles. The highest BCUT2D eigenvalue weighted by Gasteiger charge is 2.62. The van der Waals surface area contributed by atoms with Gasteiger partial charge in [0.25, 0.3) is 5.91 Å². The van der Waals surface area contributed by atoms with E-state index in [9.17, 15) is 9.59 Å². The van der Waals surface area contributed by atoms with E-state index >= 15 is 0 Å². The van der Waals surface area contributed by atoms with Gasteiger partial charge in [0.1, 0.15) is 0 Å². The summed E-state index contributed by atoms with van der Waals surface area (Å²) < 4.78 is 5.19. The van der Waals surface area contributed by atoms with Crippen LogP contribution >= 0.6 is 22.9 Å². The van der Waals surface area contributed by atoms with Crippen LogP contribution in [0.3, 0.4) is 0 Å². The smallest absolute Gasteiger partial charge is 0.314 e. The second-order valence-corrected chi connectivity index (χ2v) is 8.53. The first-order valence-corrected chi connectivity index (χ1v) is 10.3. The predicted octanol–water partition coefficient (Wildman–Crippen LogP) is 3.88. The van der Waals surface area contributed by atoms with Gasteiger partial charge in [0.2, 0.25) is 0 Å². The second kappa shape index (κ2) is 6.91. The van der Waals surface area contributed by atoms with Gasteiger partial charge in [-0.15, -0.1) is 11.3 Å². The maximum Gasteiger partial charge on any atom is 0.314 e. The van der Waals surface area contributed by atoms with Crippen LogP contribution in [-0.2, 0) is 16.0 Å². The molecule has 1 amide bonds. The number of halogens is 1. The molecule has 0 aliphatic carbocycles. The van der Waals surface area contributed by atoms with Crippen molar-refractivity contribution in [1.82, 2.24) is 9.88 Å². The number of ether oxygens (including phenoxy) is 1. The average molecular weight is 405 g/mol. The lowest BCUT2D eigenvalue weighted by Crippen LogP contribution is -2.47. The normalized spacial score (nSPS) is 26.4. The number of carbonyl (C=O) groups excluding carboxylic acids is 2. The fourth-order valence-electron chi connectivity index (χ4n) is 4.85. The van der Waals surface area contributed by atoms with E-state index in [2.05, 4.69) is 4.98 Å². The molecular formula is C20H21ClN2O3S. The van der Waals surface area contributed by atoms with E-state index in [0.29, 0.717) is 23.4 Å². The van der Waals surface area contributed by atoms with Crippen LogP contribution in [0.2, 0.25) is 5.02 Å². The lowest BCUT2D eigenvalue weighted by molar-refractivity contribution is -0.154. The Kier molecular flexibility index (Phi) is 4.72. The summed E-state index contributed by atoms with van der Waals surface area (Å²) in [5.74, 6) is -0.342. The zero-order valence-electron chi connectivity index (χ0n) is 15.3. The van der Waals surface area contributed by atoms with E-state index in [-0.39, 0.29) is 24.0 Å². The predicted molar refractivity (Wildman–Crippen MR) is 104 cm³/mol. The molecule has 0 N–H and O–H groups in total. The van der Waals surface area contributed by atoms with Crippen molar-refractivity contribution in [1.29, 1.82) is 0 Å². The van der Waals surface area contributed by atoms with E-state index in [1.807, 2.05) is 29.3 Å². The van der Waals surface area contributed by atoms with Crippen molar-refractivity contribution < 1.29 is 14.3 Å². The van der Waals surface area contributed by atoms with Gasteiger partial charge in [-0.25, -0.2) is 4.98 Å². The van der Waals surface area contributed by atoms with Crippen LogP contribution in [0, 0.1) is 12.3 Å². The van der Waals surface area contributed by atoms with Crippen molar-refractivity contribution in [3.63, 3.8) is 0 Å². The number of fused-ring (bicyclic) bond motifs is 2. The number of rotatable bonds is 4. The van der Waals surface area contributed by atoms with Crippen LogP contribution in [0.25, 0.3) is 0 Å². The number of amides is 1. The van der Waals surface area contributed by atoms with Crippen molar-refractivity contribution in [3.8, 4) is 0 Å². The summed E-state index contributed by atoms with van der Waals surface area (Å²) in [6.45, 7) is 1.89. The van der Waals surface area contributed by atoms with Gasteiger partial charge < -0.3 is 9.64 Å². The van der Waals surface area contributed by atoms with Gasteiger partial charge in [-0.2, -0.15) is 0 Å². The van der Waals surface area contributed by atoms with Gasteiger partial charge >= 0.3 is 5.97 Å². The Morgan fingerprint density at radius 1 is 1.41 bits per heavy atom. The molecule has 3 atom stereocenters. The Balaban J connectivity index is 1.72. The van der Waals surface area contributed by atoms with Crippen molar-refractivity contribution in [2.24, 2.45) is 5.41 Å². The van der Waals surface area contributed by atoms with Crippen LogP contribution in [0.15, 0.2) is 29.1 Å². The average Bonchev–Trinajstić information content (AvgIpc) is 3.36. The minimum absolute atomic E-state index is 0.0240. The highest BCUT2D eigenvalue weighted by molar-refractivity contribution is 7.07. The third-order valence-corrected chi connectivity index (χ3v) is 6.93. The number of aromatic nitrogens is 1. The Bertz CT molecular complexity index is 865. The number of hydrogen-bond donors (Lipinski definition) is 0. The van der Waals surface area contributed by atoms with Gasteiger partial charge in [-0.1, -0.05) is 23.7 Å². The number of hydrogen-bond acceptors (Lipinski definition) is 5. The molecule has 142 valence electrons. The first-order chi connectivity index (χ1) is 13.0. The molecule has 3 heterocycles. The van der Waals surface area contributed by atoms with E-state index in [0.717, 1.165) is 24.1 Å². The SMILES string of the molecule is COC(=O)[C@@]1(Cc2cscn2)C[C@H]2CC[C@@H]1N2C(=O)c1c(C)cccc1Cl. The summed E-state index contributed by atoms with van der Waals surface area (Å²) in [6, 6.07) is 5.30. The standard InChI is InChI=1S/C20H21ClN2O3S/c1-12-4-3-5-15(21)17(12)18(24)23-14-6-7-16(23)20(9-14,19(25)26-2)8-13-10-27-11-22-13/h3-5,10-11,14,16H,6-9H2,1-2H3/t14-,16+,20+/m1/s1. The molecule has 27 heavy (non-hydrogen) atoms. The largest absolute Gasteiger partial charge is 0.469 e. The zero-order valence-corrected chi connectivity index (χ0v) is 16.8. The molecule has 1 aromatic heterocycles. The maximum absolute atomic E-state index is 13.4. The number of methoxy groups -OCH3 is 1. The molecular weight excluding hydrogens is 384 g/mol. The Labute approximate surface area is 167 Å². The molecule has 0 spiro atoms. The third-order valence-electron chi connectivity index (χ3n) is 5.98. The van der Waals surface area contributed by atoms with Gasteiger partial charge in [0.15, 0.2) is 0 Å². The topological polar surface area (TPSA) is 59.5 Å². The summed E-state index contributed by atoms with van der Waals surface area (Å²) in [5, 5.41) is 2.41. The molecule has 2 bridgehead atoms. The molecule has 4 rings (SSSR count). The molecule has 2 aliphatic rings. The number of nitrogens with zero attached hydrogens (tertiary/aromatic N) is 2. The number of benzene rings is 1. The summed E-state index contributed by atoms with van der Waals surface area (Å²) in [4.78, 5) is 32.6. The molecule has 0 radical (unpaired) electrons. The lowest BCUT2D eigenvalue weighted by atomic mass is 9.71. The van der Waals surface area contributed by atoms with E-state index in [4.69, 9.17) is 16.3 Å². The van der Waals surface area contributed by atoms with Crippen LogP contribution in [0.4, 0.5) is 0 Å². The maximum atomic E-state index is 13.4. The van der Waals surface area contributed by atoms with Crippen molar-refractivity contribution in [3.05, 3.63) is 50.9 Å². The molecule has 0 saturated carbocycles. The Morgan fingerprint density at radius 2 is 2.22 bits per heavy atom. The van der Waals surface area contributed by atoms with Gasteiger partial charge in [0, 0.05) is 23.9 Å². The van der Waals surface area contributed by atoms with Crippen molar-refractivity contribution in [2.45, 2.75) is 44.7 Å². The zero-order chi connectivity index (χ0) is 19.2. The van der Waals surface area contributed by atoms with Crippen LogP contribution in [0.5, 0.6) is 0 Å². The van der Waals surface area contributed by atoms with Crippen molar-refractivity contribution >= 4 is 34.8 Å². The first kappa shape index (κ1) is 18.4. The minimum atomic E-state index is -0.740. The van der Waals surface area contributed by atoms with E-state index in [1.54, 1.807) is 11.6 Å². The van der Waals surface area contributed by atoms with Gasteiger partial charge in [-0.05, 0) is 37.8 Å². The second-order valence-electron chi connectivity index (χ2n) is 7.40. The van der Waals surface area contributed by atoms with Gasteiger partial charge in [-0.3, -0.25) is 9.59 Å². The number of thiazole rings is 1. The van der Waals surface area contributed by atoms with E-state index in [1.165, 1.54) is 18.4 Å². The molecule has 2 fully saturated rings. The summed E-state index contributed by atoms with van der Waals surface area (Å²) >= 11 is 7.85. The molecule has 5 nitrogen and oxygen atoms in total.